The van der Waals surface area contributed by atoms with E-state index in [4.69, 9.17) is 9.47 Å². The third-order valence-corrected chi connectivity index (χ3v) is 7.27. The molecule has 4 heterocycles. The lowest BCUT2D eigenvalue weighted by Crippen LogP contribution is -2.45. The van der Waals surface area contributed by atoms with Crippen molar-refractivity contribution in [2.24, 2.45) is 0 Å². The van der Waals surface area contributed by atoms with Crippen LogP contribution in [0.1, 0.15) is 77.9 Å². The summed E-state index contributed by atoms with van der Waals surface area (Å²) in [5.41, 5.74) is -5.05. The first-order chi connectivity index (χ1) is 19.5. The van der Waals surface area contributed by atoms with Crippen molar-refractivity contribution in [2.75, 3.05) is 0 Å². The molecule has 0 aromatic carbocycles. The monoisotopic (exact) mass is 638 g/mol. The topological polar surface area (TPSA) is 180 Å². The predicted molar refractivity (Wildman–Crippen MR) is 145 cm³/mol. The SMILES string of the molecule is C[C@@H]1Cc2[nH][nH]c(=O)c2CN1C(=O)OC(C)(C)C.C[C@@H]1Cc2[nH]nc(OS(=O)(=O)C(F)(F)F)c2CN1C(=O)OC(C)(C)C. The van der Waals surface area contributed by atoms with E-state index in [0.29, 0.717) is 24.2 Å². The summed E-state index contributed by atoms with van der Waals surface area (Å²) < 4.78 is 74.4. The highest BCUT2D eigenvalue weighted by Gasteiger charge is 2.49. The summed E-state index contributed by atoms with van der Waals surface area (Å²) in [5, 5.41) is 11.3. The molecule has 0 bridgehead atoms. The molecule has 2 aromatic rings. The maximum Gasteiger partial charge on any atom is 0.534 e. The number of rotatable bonds is 2. The molecule has 2 aliphatic rings. The van der Waals surface area contributed by atoms with Crippen molar-refractivity contribution < 1.29 is 44.8 Å². The number of aromatic amines is 3. The standard InChI is InChI=1S/C13H18F3N3O5S.C12H19N3O3/c1-7-5-9-8(6-19(7)11(20)23-12(2,3)4)10(18-17-9)24-25(21,22)13(14,15)16;1-7-5-9-8(10(16)14-13-9)6-15(7)11(17)18-12(2,3)4/h7H,5-6H2,1-4H3,(H,17,18);7H,5-6H2,1-4H3,(H2,13,14,16)/t2*7-/m11/s1. The lowest BCUT2D eigenvalue weighted by atomic mass is 10.0. The first kappa shape index (κ1) is 33.8. The van der Waals surface area contributed by atoms with Gasteiger partial charge in [-0.25, -0.2) is 9.59 Å². The zero-order valence-electron chi connectivity index (χ0n) is 25.1. The summed E-state index contributed by atoms with van der Waals surface area (Å²) in [6.07, 6.45) is -0.178. The largest absolute Gasteiger partial charge is 0.534 e. The second-order valence-electron chi connectivity index (χ2n) is 12.3. The van der Waals surface area contributed by atoms with Crippen LogP contribution in [0.15, 0.2) is 4.79 Å². The Balaban J connectivity index is 0.000000248. The van der Waals surface area contributed by atoms with E-state index in [1.807, 2.05) is 27.7 Å². The van der Waals surface area contributed by atoms with Crippen LogP contribution in [0.3, 0.4) is 0 Å². The van der Waals surface area contributed by atoms with Gasteiger partial charge >= 0.3 is 27.8 Å². The minimum atomic E-state index is -5.85. The number of hydrogen-bond acceptors (Lipinski definition) is 9. The summed E-state index contributed by atoms with van der Waals surface area (Å²) in [6, 6.07) is -0.311. The number of carbonyl (C=O) groups excluding carboxylic acids is 2. The maximum absolute atomic E-state index is 12.5. The van der Waals surface area contributed by atoms with Gasteiger partial charge in [-0.1, -0.05) is 0 Å². The minimum Gasteiger partial charge on any atom is -0.444 e. The molecule has 2 atom stereocenters. The Hall–Kier alpha value is -3.70. The molecule has 0 aliphatic carbocycles. The highest BCUT2D eigenvalue weighted by molar-refractivity contribution is 7.87. The molecule has 2 aromatic heterocycles. The van der Waals surface area contributed by atoms with E-state index in [2.05, 4.69) is 24.6 Å². The van der Waals surface area contributed by atoms with E-state index < -0.39 is 38.8 Å². The molecule has 43 heavy (non-hydrogen) atoms. The normalized spacial score (nSPS) is 19.0. The number of aromatic nitrogens is 4. The Labute approximate surface area is 246 Å². The number of carbonyl (C=O) groups is 2. The van der Waals surface area contributed by atoms with E-state index in [1.165, 1.54) is 4.90 Å². The number of hydrogen-bond donors (Lipinski definition) is 3. The molecule has 2 amide bonds. The summed E-state index contributed by atoms with van der Waals surface area (Å²) in [4.78, 5) is 38.7. The van der Waals surface area contributed by atoms with Gasteiger partial charge in [0, 0.05) is 36.3 Å². The van der Waals surface area contributed by atoms with E-state index in [1.54, 1.807) is 32.6 Å². The number of ether oxygens (including phenoxy) is 2. The van der Waals surface area contributed by atoms with Crippen LogP contribution in [-0.4, -0.2) is 79.6 Å². The van der Waals surface area contributed by atoms with Crippen molar-refractivity contribution in [3.05, 3.63) is 32.9 Å². The fourth-order valence-electron chi connectivity index (χ4n) is 4.29. The van der Waals surface area contributed by atoms with E-state index in [9.17, 15) is 36.0 Å². The zero-order chi connectivity index (χ0) is 32.7. The number of H-pyrrole nitrogens is 3. The molecule has 0 saturated carbocycles. The van der Waals surface area contributed by atoms with Crippen LogP contribution in [0.5, 0.6) is 5.88 Å². The van der Waals surface area contributed by atoms with Crippen LogP contribution in [0.4, 0.5) is 22.8 Å². The highest BCUT2D eigenvalue weighted by atomic mass is 32.2. The van der Waals surface area contributed by atoms with Crippen LogP contribution >= 0.6 is 0 Å². The van der Waals surface area contributed by atoms with E-state index in [0.717, 1.165) is 5.69 Å². The summed E-state index contributed by atoms with van der Waals surface area (Å²) >= 11 is 0. The van der Waals surface area contributed by atoms with Gasteiger partial charge in [-0.05, 0) is 55.4 Å². The van der Waals surface area contributed by atoms with Gasteiger partial charge in [-0.15, -0.1) is 5.10 Å². The van der Waals surface area contributed by atoms with Gasteiger partial charge in [-0.3, -0.25) is 15.0 Å². The molecule has 3 N–H and O–H groups in total. The fourth-order valence-corrected chi connectivity index (χ4v) is 4.73. The Kier molecular flexibility index (Phi) is 9.25. The molecule has 0 radical (unpaired) electrons. The number of alkyl halides is 3. The molecule has 14 nitrogen and oxygen atoms in total. The molecular formula is C25H37F3N6O8S. The van der Waals surface area contributed by atoms with Crippen LogP contribution in [0.25, 0.3) is 0 Å². The number of nitrogens with one attached hydrogen (secondary N) is 3. The number of nitrogens with zero attached hydrogens (tertiary/aromatic N) is 3. The maximum atomic E-state index is 12.5. The quantitative estimate of drug-likeness (QED) is 0.327. The molecule has 0 fully saturated rings. The smallest absolute Gasteiger partial charge is 0.444 e. The molecular weight excluding hydrogens is 601 g/mol. The fraction of sp³-hybridized carbons (Fsp3) is 0.680. The zero-order valence-corrected chi connectivity index (χ0v) is 25.9. The lowest BCUT2D eigenvalue weighted by Gasteiger charge is -2.34. The van der Waals surface area contributed by atoms with Crippen molar-refractivity contribution in [1.82, 2.24) is 30.2 Å². The van der Waals surface area contributed by atoms with E-state index in [-0.39, 0.29) is 42.3 Å². The molecule has 4 rings (SSSR count). The van der Waals surface area contributed by atoms with Crippen molar-refractivity contribution in [2.45, 2.75) is 110 Å². The summed E-state index contributed by atoms with van der Waals surface area (Å²) in [5.74, 6) is -0.729. The summed E-state index contributed by atoms with van der Waals surface area (Å²) in [6.45, 7) is 14.3. The highest BCUT2D eigenvalue weighted by Crippen LogP contribution is 2.33. The van der Waals surface area contributed by atoms with Crippen molar-refractivity contribution in [1.29, 1.82) is 0 Å². The average Bonchev–Trinajstić information content (AvgIpc) is 3.37. The summed E-state index contributed by atoms with van der Waals surface area (Å²) in [7, 11) is -5.85. The average molecular weight is 639 g/mol. The number of fused-ring (bicyclic) bond motifs is 2. The van der Waals surface area contributed by atoms with Crippen LogP contribution in [0, 0.1) is 0 Å². The molecule has 18 heteroatoms. The van der Waals surface area contributed by atoms with Crippen LogP contribution in [-0.2, 0) is 45.5 Å². The van der Waals surface area contributed by atoms with Gasteiger partial charge in [-0.2, -0.15) is 21.6 Å². The second kappa shape index (κ2) is 11.8. The van der Waals surface area contributed by atoms with Crippen molar-refractivity contribution >= 4 is 22.3 Å². The molecule has 0 saturated heterocycles. The predicted octanol–water partition coefficient (Wildman–Crippen LogP) is 3.70. The molecule has 0 unspecified atom stereocenters. The Bertz CT molecular complexity index is 1500. The molecule has 2 aliphatic heterocycles. The van der Waals surface area contributed by atoms with Gasteiger partial charge in [0.2, 0.25) is 0 Å². The van der Waals surface area contributed by atoms with Gasteiger partial charge in [0.05, 0.1) is 24.2 Å². The van der Waals surface area contributed by atoms with Crippen LogP contribution < -0.4 is 9.74 Å². The number of amides is 2. The van der Waals surface area contributed by atoms with Crippen molar-refractivity contribution in [3.63, 3.8) is 0 Å². The Morgan fingerprint density at radius 3 is 1.77 bits per heavy atom. The first-order valence-electron chi connectivity index (χ1n) is 13.3. The first-order valence-corrected chi connectivity index (χ1v) is 14.7. The van der Waals surface area contributed by atoms with Gasteiger partial charge in [0.25, 0.3) is 11.4 Å². The van der Waals surface area contributed by atoms with Crippen LogP contribution in [0.2, 0.25) is 0 Å². The van der Waals surface area contributed by atoms with Gasteiger partial charge in [0.1, 0.15) is 11.2 Å². The lowest BCUT2D eigenvalue weighted by molar-refractivity contribution is -0.0502. The Morgan fingerprint density at radius 2 is 1.30 bits per heavy atom. The second-order valence-corrected chi connectivity index (χ2v) is 13.9. The van der Waals surface area contributed by atoms with E-state index >= 15 is 0 Å². The molecule has 0 spiro atoms. The van der Waals surface area contributed by atoms with Crippen molar-refractivity contribution in [3.8, 4) is 5.88 Å². The van der Waals surface area contributed by atoms with Gasteiger partial charge < -0.3 is 28.6 Å². The third-order valence-electron chi connectivity index (χ3n) is 6.33. The number of halogens is 3. The molecule has 242 valence electrons. The third kappa shape index (κ3) is 8.23. The Morgan fingerprint density at radius 1 is 0.837 bits per heavy atom. The van der Waals surface area contributed by atoms with Gasteiger partial charge in [0.15, 0.2) is 0 Å². The minimum absolute atomic E-state index is 0.0128.